The number of allylic oxidation sites excluding steroid dienone is 3. The zero-order valence-electron chi connectivity index (χ0n) is 13.8. The molecule has 0 bridgehead atoms. The molecule has 0 nitrogen and oxygen atoms in total. The van der Waals surface area contributed by atoms with Crippen LogP contribution in [0.25, 0.3) is 0 Å². The van der Waals surface area contributed by atoms with E-state index in [0.717, 1.165) is 6.42 Å². The van der Waals surface area contributed by atoms with Crippen molar-refractivity contribution in [3.05, 3.63) is 59.7 Å². The van der Waals surface area contributed by atoms with E-state index in [9.17, 15) is 0 Å². The van der Waals surface area contributed by atoms with Crippen molar-refractivity contribution in [1.29, 1.82) is 0 Å². The van der Waals surface area contributed by atoms with E-state index in [4.69, 9.17) is 0 Å². The number of aryl methyl sites for hydroxylation is 2. The molecule has 0 unspecified atom stereocenters. The summed E-state index contributed by atoms with van der Waals surface area (Å²) in [5, 5.41) is 0. The number of benzene rings is 1. The topological polar surface area (TPSA) is 0 Å². The highest BCUT2D eigenvalue weighted by Gasteiger charge is 1.84. The van der Waals surface area contributed by atoms with Crippen LogP contribution in [0.5, 0.6) is 0 Å². The smallest absolute Gasteiger partial charge is 0 e. The van der Waals surface area contributed by atoms with Crippen LogP contribution in [-0.2, 0) is 6.42 Å². The fourth-order valence-electron chi connectivity index (χ4n) is 1.28. The van der Waals surface area contributed by atoms with E-state index >= 15 is 0 Å². The Kier molecular flexibility index (Phi) is 15.6. The molecule has 0 fully saturated rings. The van der Waals surface area contributed by atoms with Gasteiger partial charge in [0.15, 0.2) is 0 Å². The van der Waals surface area contributed by atoms with Crippen LogP contribution in [0.1, 0.15) is 60.0 Å². The largest absolute Gasteiger partial charge is 0.0988 e. The van der Waals surface area contributed by atoms with E-state index in [1.54, 1.807) is 0 Å². The maximum absolute atomic E-state index is 3.65. The van der Waals surface area contributed by atoms with Crippen LogP contribution in [0.4, 0.5) is 0 Å². The Labute approximate surface area is 122 Å². The Bertz CT molecular complexity index is 333. The van der Waals surface area contributed by atoms with Crippen LogP contribution in [0.3, 0.4) is 0 Å². The third-order valence-corrected chi connectivity index (χ3v) is 2.61. The predicted molar refractivity (Wildman–Crippen MR) is 92.9 cm³/mol. The minimum absolute atomic E-state index is 0. The van der Waals surface area contributed by atoms with E-state index in [2.05, 4.69) is 64.6 Å². The fraction of sp³-hybridized carbons (Fsp3) is 0.474. The van der Waals surface area contributed by atoms with E-state index in [0.29, 0.717) is 0 Å². The zero-order chi connectivity index (χ0) is 15.1. The maximum Gasteiger partial charge on any atom is 0 e. The minimum Gasteiger partial charge on any atom is -0.0988 e. The van der Waals surface area contributed by atoms with Crippen molar-refractivity contribution in [1.82, 2.24) is 0 Å². The first-order valence-corrected chi connectivity index (χ1v) is 7.48. The normalized spacial score (nSPS) is 9.68. The van der Waals surface area contributed by atoms with Crippen molar-refractivity contribution in [2.45, 2.75) is 60.8 Å². The summed E-state index contributed by atoms with van der Waals surface area (Å²) in [7, 11) is 0. The molecule has 0 heteroatoms. The predicted octanol–water partition coefficient (Wildman–Crippen LogP) is 6.75. The van der Waals surface area contributed by atoms with Crippen LogP contribution >= 0.6 is 0 Å². The van der Waals surface area contributed by atoms with Crippen molar-refractivity contribution in [3.8, 4) is 0 Å². The summed E-state index contributed by atoms with van der Waals surface area (Å²) in [6.45, 7) is 16.2. The Morgan fingerprint density at radius 1 is 1.16 bits per heavy atom. The summed E-state index contributed by atoms with van der Waals surface area (Å²) in [4.78, 5) is 0. The van der Waals surface area contributed by atoms with Gasteiger partial charge in [-0.05, 0) is 32.3 Å². The quantitative estimate of drug-likeness (QED) is 0.526. The van der Waals surface area contributed by atoms with Gasteiger partial charge in [-0.3, -0.25) is 0 Å². The van der Waals surface area contributed by atoms with Gasteiger partial charge in [0.1, 0.15) is 0 Å². The second-order valence-electron chi connectivity index (χ2n) is 4.28. The van der Waals surface area contributed by atoms with Gasteiger partial charge in [-0.15, -0.1) is 0 Å². The third kappa shape index (κ3) is 12.9. The summed E-state index contributed by atoms with van der Waals surface area (Å²) < 4.78 is 0. The molecule has 0 heterocycles. The molecule has 0 N–H and O–H groups in total. The van der Waals surface area contributed by atoms with Gasteiger partial charge in [-0.2, -0.15) is 0 Å². The lowest BCUT2D eigenvalue weighted by atomic mass is 10.1. The first-order valence-electron chi connectivity index (χ1n) is 7.48. The summed E-state index contributed by atoms with van der Waals surface area (Å²) in [5.74, 6) is 0. The minimum atomic E-state index is 0. The summed E-state index contributed by atoms with van der Waals surface area (Å²) in [6.07, 6.45) is 7.63. The summed E-state index contributed by atoms with van der Waals surface area (Å²) in [6, 6.07) is 8.66. The van der Waals surface area contributed by atoms with Crippen LogP contribution in [0.15, 0.2) is 48.6 Å². The first kappa shape index (κ1) is 20.0. The average Bonchev–Trinajstić information content (AvgIpc) is 2.48. The van der Waals surface area contributed by atoms with Gasteiger partial charge in [-0.1, -0.05) is 88.2 Å². The number of rotatable bonds is 4. The van der Waals surface area contributed by atoms with Crippen molar-refractivity contribution < 1.29 is 1.43 Å². The molecule has 0 aliphatic heterocycles. The van der Waals surface area contributed by atoms with Gasteiger partial charge in [0.25, 0.3) is 0 Å². The molecule has 0 aliphatic rings. The second kappa shape index (κ2) is 14.8. The lowest BCUT2D eigenvalue weighted by Crippen LogP contribution is -1.77. The molecule has 1 aromatic rings. The van der Waals surface area contributed by atoms with Gasteiger partial charge in [0.05, 0.1) is 0 Å². The molecule has 0 saturated carbocycles. The van der Waals surface area contributed by atoms with Crippen molar-refractivity contribution in [2.24, 2.45) is 0 Å². The van der Waals surface area contributed by atoms with E-state index < -0.39 is 0 Å². The van der Waals surface area contributed by atoms with E-state index in [-0.39, 0.29) is 1.43 Å². The Morgan fingerprint density at radius 2 is 1.68 bits per heavy atom. The van der Waals surface area contributed by atoms with Gasteiger partial charge in [0, 0.05) is 1.43 Å². The molecule has 0 amide bonds. The Balaban J connectivity index is -0.000000248. The maximum atomic E-state index is 3.65. The number of unbranched alkanes of at least 4 members (excludes halogenated alkanes) is 1. The van der Waals surface area contributed by atoms with E-state index in [1.807, 2.05) is 19.9 Å². The molecular weight excluding hydrogens is 228 g/mol. The molecule has 19 heavy (non-hydrogen) atoms. The van der Waals surface area contributed by atoms with Gasteiger partial charge >= 0.3 is 0 Å². The SMILES string of the molecule is C=C/C(C)=C\CCC.CC.CCc1ccc(C)cc1.[HH]. The van der Waals surface area contributed by atoms with Gasteiger partial charge in [0.2, 0.25) is 0 Å². The molecule has 0 saturated heterocycles. The Hall–Kier alpha value is -1.30. The lowest BCUT2D eigenvalue weighted by Gasteiger charge is -1.94. The van der Waals surface area contributed by atoms with Crippen molar-refractivity contribution in [2.75, 3.05) is 0 Å². The standard InChI is InChI=1S/C9H12.C8H14.C2H6.H2/c1-3-9-6-4-8(2)5-7-9;1-4-6-7-8(3)5-2;1-2;/h4-7H,3H2,1-2H3;5,7H,2,4,6H2,1,3H3;1-2H3;1H/b;8-7-;;. The van der Waals surface area contributed by atoms with Crippen molar-refractivity contribution in [3.63, 3.8) is 0 Å². The highest BCUT2D eigenvalue weighted by molar-refractivity contribution is 5.20. The zero-order valence-corrected chi connectivity index (χ0v) is 13.8. The van der Waals surface area contributed by atoms with Crippen LogP contribution in [0, 0.1) is 6.92 Å². The molecule has 0 atom stereocenters. The molecule has 0 aliphatic carbocycles. The molecule has 110 valence electrons. The van der Waals surface area contributed by atoms with Gasteiger partial charge in [-0.25, -0.2) is 0 Å². The van der Waals surface area contributed by atoms with Crippen LogP contribution in [-0.4, -0.2) is 0 Å². The fourth-order valence-corrected chi connectivity index (χ4v) is 1.28. The lowest BCUT2D eigenvalue weighted by molar-refractivity contribution is 0.952. The molecule has 1 rings (SSSR count). The molecule has 0 aromatic heterocycles. The second-order valence-corrected chi connectivity index (χ2v) is 4.28. The molecule has 1 aromatic carbocycles. The highest BCUT2D eigenvalue weighted by atomic mass is 13.9. The molecule has 0 radical (unpaired) electrons. The average molecular weight is 262 g/mol. The van der Waals surface area contributed by atoms with E-state index in [1.165, 1.54) is 29.5 Å². The summed E-state index contributed by atoms with van der Waals surface area (Å²) >= 11 is 0. The number of hydrogen-bond acceptors (Lipinski definition) is 0. The number of hydrogen-bond donors (Lipinski definition) is 0. The monoisotopic (exact) mass is 262 g/mol. The molecular formula is C19H34. The highest BCUT2D eigenvalue weighted by Crippen LogP contribution is 2.02. The first-order chi connectivity index (χ1) is 9.13. The Morgan fingerprint density at radius 3 is 2.05 bits per heavy atom. The summed E-state index contributed by atoms with van der Waals surface area (Å²) in [5.41, 5.74) is 4.04. The van der Waals surface area contributed by atoms with Crippen LogP contribution in [0.2, 0.25) is 0 Å². The molecule has 0 spiro atoms. The third-order valence-electron chi connectivity index (χ3n) is 2.61. The van der Waals surface area contributed by atoms with Crippen LogP contribution < -0.4 is 0 Å². The van der Waals surface area contributed by atoms with Gasteiger partial charge < -0.3 is 0 Å². The van der Waals surface area contributed by atoms with Crippen molar-refractivity contribution >= 4 is 0 Å².